The van der Waals surface area contributed by atoms with Gasteiger partial charge in [0.1, 0.15) is 23.6 Å². The van der Waals surface area contributed by atoms with E-state index < -0.39 is 96.6 Å². The van der Waals surface area contributed by atoms with Gasteiger partial charge in [-0.3, -0.25) is 49.2 Å². The van der Waals surface area contributed by atoms with Gasteiger partial charge in [-0.05, 0) is 86.1 Å². The van der Waals surface area contributed by atoms with Crippen molar-refractivity contribution in [2.24, 2.45) is 11.5 Å². The van der Waals surface area contributed by atoms with E-state index in [9.17, 15) is 48.6 Å². The lowest BCUT2D eigenvalue weighted by Crippen LogP contribution is -2.53. The van der Waals surface area contributed by atoms with Crippen LogP contribution in [0, 0.1) is 0 Å². The van der Waals surface area contributed by atoms with E-state index in [0.717, 1.165) is 11.1 Å². The molecule has 0 radical (unpaired) electrons. The third-order valence-electron chi connectivity index (χ3n) is 10.4. The maximum Gasteiger partial charge on any atom is 0.242 e. The fourth-order valence-electron chi connectivity index (χ4n) is 6.76. The minimum absolute atomic E-state index is 0.0671. The Morgan fingerprint density at radius 2 is 0.750 bits per heavy atom. The second-order valence-electron chi connectivity index (χ2n) is 16.3. The van der Waals surface area contributed by atoms with Crippen LogP contribution in [-0.4, -0.2) is 107 Å². The van der Waals surface area contributed by atoms with Crippen molar-refractivity contribution in [1.29, 1.82) is 0 Å². The van der Waals surface area contributed by atoms with Crippen molar-refractivity contribution in [3.05, 3.63) is 131 Å². The van der Waals surface area contributed by atoms with Crippen molar-refractivity contribution in [2.75, 3.05) is 13.1 Å². The molecule has 0 aliphatic rings. The van der Waals surface area contributed by atoms with E-state index in [2.05, 4.69) is 42.8 Å². The lowest BCUT2D eigenvalue weighted by Gasteiger charge is -2.21. The number of amides is 8. The molecule has 0 saturated heterocycles. The number of aromatic hydroxyl groups is 2. The molecule has 0 heterocycles. The zero-order valence-electron chi connectivity index (χ0n) is 37.8. The first-order valence-corrected chi connectivity index (χ1v) is 21.9. The number of carbonyl (C=O) groups is 8. The molecule has 0 aliphatic heterocycles. The van der Waals surface area contributed by atoms with Crippen molar-refractivity contribution >= 4 is 47.3 Å². The van der Waals surface area contributed by atoms with E-state index >= 15 is 0 Å². The lowest BCUT2D eigenvalue weighted by molar-refractivity contribution is -0.131. The lowest BCUT2D eigenvalue weighted by atomic mass is 10.0. The van der Waals surface area contributed by atoms with Crippen molar-refractivity contribution in [3.8, 4) is 11.5 Å². The first-order valence-electron chi connectivity index (χ1n) is 21.9. The standard InChI is InChI=1S/C48H60N10O10/c1-29(53-47(67)39(49)23-33-13-17-37(59)18-14-33)45(65)51-27-43(63)55-35(21-31-9-5-3-6-10-31)25-41(61)57-58-42(62)26-36(22-32-11-7-4-8-12-32)56-44(64)28-52-46(66)30(2)54-48(68)40(50)24-34-15-19-38(60)20-16-34/h3-20,29-30,35-36,39-40,59-60H,21-28,49-50H2,1-2H3,(H,51,65)(H,52,66)(H,53,67)(H,54,68)(H,55,63)(H,56,64)(H,57,61)(H,58,62)/t29-,30-,35+,36+,39+,40+/m1/s1. The van der Waals surface area contributed by atoms with Crippen LogP contribution in [0.1, 0.15) is 48.9 Å². The topological polar surface area (TPSA) is 325 Å². The molecule has 8 amide bonds. The quantitative estimate of drug-likeness (QED) is 0.0383. The molecule has 362 valence electrons. The molecule has 4 aromatic rings. The van der Waals surface area contributed by atoms with Crippen molar-refractivity contribution < 1.29 is 48.6 Å². The zero-order valence-corrected chi connectivity index (χ0v) is 37.8. The van der Waals surface area contributed by atoms with Gasteiger partial charge in [-0.25, -0.2) is 0 Å². The molecule has 4 rings (SSSR count). The summed E-state index contributed by atoms with van der Waals surface area (Å²) in [6.45, 7) is 1.91. The monoisotopic (exact) mass is 936 g/mol. The predicted molar refractivity (Wildman–Crippen MR) is 250 cm³/mol. The molecule has 0 bridgehead atoms. The van der Waals surface area contributed by atoms with Crippen LogP contribution in [-0.2, 0) is 64.0 Å². The summed E-state index contributed by atoms with van der Waals surface area (Å²) in [6, 6.07) is 24.8. The van der Waals surface area contributed by atoms with E-state index in [1.807, 2.05) is 12.1 Å². The molecule has 68 heavy (non-hydrogen) atoms. The molecule has 0 unspecified atom stereocenters. The highest BCUT2D eigenvalue weighted by atomic mass is 16.3. The van der Waals surface area contributed by atoms with Crippen molar-refractivity contribution in [2.45, 2.75) is 88.6 Å². The van der Waals surface area contributed by atoms with E-state index in [1.54, 1.807) is 72.8 Å². The van der Waals surface area contributed by atoms with Crippen LogP contribution < -0.4 is 54.2 Å². The fourth-order valence-corrected chi connectivity index (χ4v) is 6.76. The van der Waals surface area contributed by atoms with Gasteiger partial charge >= 0.3 is 0 Å². The molecule has 0 aromatic heterocycles. The molecule has 0 spiro atoms. The summed E-state index contributed by atoms with van der Waals surface area (Å²) < 4.78 is 0. The number of nitrogens with two attached hydrogens (primary N) is 2. The summed E-state index contributed by atoms with van der Waals surface area (Å²) in [5.74, 6) is -4.92. The van der Waals surface area contributed by atoms with Gasteiger partial charge in [0.2, 0.25) is 47.3 Å². The fraction of sp³-hybridized carbons (Fsp3) is 0.333. The van der Waals surface area contributed by atoms with E-state index in [0.29, 0.717) is 11.1 Å². The summed E-state index contributed by atoms with van der Waals surface area (Å²) in [7, 11) is 0. The van der Waals surface area contributed by atoms with Crippen molar-refractivity contribution in [3.63, 3.8) is 0 Å². The van der Waals surface area contributed by atoms with Crippen LogP contribution in [0.5, 0.6) is 11.5 Å². The molecule has 4 aromatic carbocycles. The molecule has 20 nitrogen and oxygen atoms in total. The Labute approximate surface area is 393 Å². The molecule has 6 atom stereocenters. The third kappa shape index (κ3) is 19.3. The maximum atomic E-state index is 13.2. The Kier molecular flexibility index (Phi) is 20.9. The van der Waals surface area contributed by atoms with Gasteiger partial charge in [0.25, 0.3) is 0 Å². The van der Waals surface area contributed by atoms with Crippen LogP contribution in [0.25, 0.3) is 0 Å². The molecule has 20 heteroatoms. The van der Waals surface area contributed by atoms with Gasteiger partial charge in [-0.2, -0.15) is 0 Å². The van der Waals surface area contributed by atoms with E-state index in [4.69, 9.17) is 11.5 Å². The Balaban J connectivity index is 1.25. The summed E-state index contributed by atoms with van der Waals surface area (Å²) in [5.41, 5.74) is 19.7. The Hall–Kier alpha value is -7.84. The number of carbonyl (C=O) groups excluding carboxylic acids is 8. The summed E-state index contributed by atoms with van der Waals surface area (Å²) in [4.78, 5) is 103. The molecular formula is C48H60N10O10. The second kappa shape index (κ2) is 27.0. The number of rotatable bonds is 24. The van der Waals surface area contributed by atoms with Crippen LogP contribution in [0.4, 0.5) is 0 Å². The highest BCUT2D eigenvalue weighted by Crippen LogP contribution is 2.13. The van der Waals surface area contributed by atoms with Crippen LogP contribution in [0.15, 0.2) is 109 Å². The number of hydrogen-bond acceptors (Lipinski definition) is 12. The number of benzene rings is 4. The number of nitrogens with one attached hydrogen (secondary N) is 8. The SMILES string of the molecule is C[C@@H](NC(=O)[C@@H](N)Cc1ccc(O)cc1)C(=O)NCC(=O)N[C@H](CC(=O)NNC(=O)C[C@H](Cc1ccccc1)NC(=O)CNC(=O)[C@@H](C)NC(=O)[C@@H](N)Cc1ccc(O)cc1)Cc1ccccc1. The Bertz CT molecular complexity index is 2160. The number of hydrazine groups is 1. The first kappa shape index (κ1) is 52.8. The van der Waals surface area contributed by atoms with Crippen LogP contribution in [0.2, 0.25) is 0 Å². The Morgan fingerprint density at radius 1 is 0.426 bits per heavy atom. The van der Waals surface area contributed by atoms with Gasteiger partial charge < -0.3 is 53.6 Å². The third-order valence-corrected chi connectivity index (χ3v) is 10.4. The van der Waals surface area contributed by atoms with Gasteiger partial charge in [0, 0.05) is 24.9 Å². The van der Waals surface area contributed by atoms with Gasteiger partial charge in [0.05, 0.1) is 25.2 Å². The van der Waals surface area contributed by atoms with Gasteiger partial charge in [-0.15, -0.1) is 0 Å². The average molecular weight is 937 g/mol. The molecule has 14 N–H and O–H groups in total. The summed E-state index contributed by atoms with van der Waals surface area (Å²) in [5, 5.41) is 34.4. The minimum atomic E-state index is -1.04. The molecule has 0 aliphatic carbocycles. The average Bonchev–Trinajstić information content (AvgIpc) is 3.31. The molecular weight excluding hydrogens is 877 g/mol. The minimum Gasteiger partial charge on any atom is -0.508 e. The number of hydrogen-bond donors (Lipinski definition) is 12. The molecule has 0 fully saturated rings. The number of phenols is 2. The highest BCUT2D eigenvalue weighted by Gasteiger charge is 2.25. The number of phenolic OH excluding ortho intramolecular Hbond substituents is 2. The second-order valence-corrected chi connectivity index (χ2v) is 16.3. The van der Waals surface area contributed by atoms with E-state index in [1.165, 1.54) is 38.1 Å². The largest absolute Gasteiger partial charge is 0.508 e. The van der Waals surface area contributed by atoms with Crippen LogP contribution >= 0.6 is 0 Å². The zero-order chi connectivity index (χ0) is 49.6. The highest BCUT2D eigenvalue weighted by molar-refractivity contribution is 5.93. The van der Waals surface area contributed by atoms with Gasteiger partial charge in [0.15, 0.2) is 0 Å². The maximum absolute atomic E-state index is 13.2. The molecule has 0 saturated carbocycles. The summed E-state index contributed by atoms with van der Waals surface area (Å²) in [6.07, 6.45) is 0.183. The van der Waals surface area contributed by atoms with Gasteiger partial charge in [-0.1, -0.05) is 84.9 Å². The normalized spacial score (nSPS) is 13.4. The first-order chi connectivity index (χ1) is 32.4. The van der Waals surface area contributed by atoms with Crippen molar-refractivity contribution in [1.82, 2.24) is 42.8 Å². The predicted octanol–water partition coefficient (Wildman–Crippen LogP) is -0.838. The van der Waals surface area contributed by atoms with E-state index in [-0.39, 0.29) is 50.0 Å². The van der Waals surface area contributed by atoms with Crippen LogP contribution in [0.3, 0.4) is 0 Å². The smallest absolute Gasteiger partial charge is 0.242 e. The Morgan fingerprint density at radius 3 is 1.09 bits per heavy atom. The summed E-state index contributed by atoms with van der Waals surface area (Å²) >= 11 is 0.